The van der Waals surface area contributed by atoms with Crippen LogP contribution < -0.4 is 14.8 Å². The number of ether oxygens (including phenoxy) is 2. The van der Waals surface area contributed by atoms with E-state index in [2.05, 4.69) is 5.32 Å². The molecule has 2 atom stereocenters. The maximum absolute atomic E-state index is 12.5. The van der Waals surface area contributed by atoms with Gasteiger partial charge in [0.15, 0.2) is 11.5 Å². The van der Waals surface area contributed by atoms with E-state index in [1.807, 2.05) is 31.2 Å². The van der Waals surface area contributed by atoms with Crippen molar-refractivity contribution in [2.24, 2.45) is 0 Å². The third-order valence-corrected chi connectivity index (χ3v) is 5.62. The number of carbonyl (C=O) groups excluding carboxylic acids is 1. The highest BCUT2D eigenvalue weighted by Crippen LogP contribution is 2.32. The van der Waals surface area contributed by atoms with Crippen molar-refractivity contribution in [1.29, 1.82) is 0 Å². The Labute approximate surface area is 149 Å². The monoisotopic (exact) mass is 359 g/mol. The standard InChI is InChI=1S/C19H21NO4S/c1-13-3-5-15(6-4-13)12-25(22)14(2)19(21)20-16-7-8-17-18(11-16)24-10-9-23-17/h3-8,11,14H,9-10,12H2,1-2H3,(H,20,21)/t14-,25-/m1/s1. The first-order chi connectivity index (χ1) is 12.0. The van der Waals surface area contributed by atoms with Crippen LogP contribution in [0, 0.1) is 6.92 Å². The second-order valence-corrected chi connectivity index (χ2v) is 7.76. The molecule has 25 heavy (non-hydrogen) atoms. The Bertz CT molecular complexity index is 789. The van der Waals surface area contributed by atoms with E-state index in [0.29, 0.717) is 36.2 Å². The molecule has 1 aliphatic heterocycles. The van der Waals surface area contributed by atoms with Crippen molar-refractivity contribution in [3.63, 3.8) is 0 Å². The number of anilines is 1. The first-order valence-electron chi connectivity index (χ1n) is 8.16. The number of carbonyl (C=O) groups is 1. The van der Waals surface area contributed by atoms with Crippen LogP contribution in [0.4, 0.5) is 5.69 Å². The van der Waals surface area contributed by atoms with Gasteiger partial charge < -0.3 is 14.8 Å². The molecule has 1 amide bonds. The molecule has 2 aromatic rings. The molecule has 0 saturated carbocycles. The number of hydrogen-bond donors (Lipinski definition) is 1. The Kier molecular flexibility index (Phi) is 5.38. The van der Waals surface area contributed by atoms with E-state index in [4.69, 9.17) is 9.47 Å². The van der Waals surface area contributed by atoms with Crippen LogP contribution in [0.15, 0.2) is 42.5 Å². The van der Waals surface area contributed by atoms with E-state index in [-0.39, 0.29) is 5.91 Å². The zero-order valence-corrected chi connectivity index (χ0v) is 15.1. The summed E-state index contributed by atoms with van der Waals surface area (Å²) < 4.78 is 23.4. The minimum absolute atomic E-state index is 0.276. The average Bonchev–Trinajstić information content (AvgIpc) is 2.62. The molecule has 0 fully saturated rings. The lowest BCUT2D eigenvalue weighted by Crippen LogP contribution is -2.29. The smallest absolute Gasteiger partial charge is 0.239 e. The van der Waals surface area contributed by atoms with Gasteiger partial charge in [-0.2, -0.15) is 0 Å². The summed E-state index contributed by atoms with van der Waals surface area (Å²) in [6.45, 7) is 4.69. The number of benzene rings is 2. The predicted molar refractivity (Wildman–Crippen MR) is 98.5 cm³/mol. The van der Waals surface area contributed by atoms with Crippen LogP contribution in [-0.2, 0) is 21.3 Å². The third-order valence-electron chi connectivity index (χ3n) is 4.00. The summed E-state index contributed by atoms with van der Waals surface area (Å²) in [4.78, 5) is 12.4. The molecule has 5 nitrogen and oxygen atoms in total. The molecule has 6 heteroatoms. The van der Waals surface area contributed by atoms with Crippen LogP contribution in [0.25, 0.3) is 0 Å². The van der Waals surface area contributed by atoms with Gasteiger partial charge in [-0.15, -0.1) is 0 Å². The SMILES string of the molecule is Cc1ccc(C[S@@](=O)[C@H](C)C(=O)Nc2ccc3c(c2)OCCO3)cc1. The Morgan fingerprint density at radius 2 is 1.80 bits per heavy atom. The highest BCUT2D eigenvalue weighted by molar-refractivity contribution is 7.85. The maximum atomic E-state index is 12.5. The second kappa shape index (κ2) is 7.70. The van der Waals surface area contributed by atoms with Gasteiger partial charge in [-0.1, -0.05) is 29.8 Å². The highest BCUT2D eigenvalue weighted by atomic mass is 32.2. The molecule has 1 aliphatic rings. The molecule has 0 spiro atoms. The maximum Gasteiger partial charge on any atom is 0.239 e. The molecule has 132 valence electrons. The number of fused-ring (bicyclic) bond motifs is 1. The Morgan fingerprint density at radius 1 is 1.12 bits per heavy atom. The first-order valence-corrected chi connectivity index (χ1v) is 9.54. The molecule has 3 rings (SSSR count). The molecular weight excluding hydrogens is 338 g/mol. The fourth-order valence-corrected chi connectivity index (χ4v) is 3.53. The van der Waals surface area contributed by atoms with E-state index in [9.17, 15) is 9.00 Å². The van der Waals surface area contributed by atoms with Gasteiger partial charge in [-0.05, 0) is 31.5 Å². The molecule has 0 bridgehead atoms. The lowest BCUT2D eigenvalue weighted by molar-refractivity contribution is -0.115. The summed E-state index contributed by atoms with van der Waals surface area (Å²) in [5, 5.41) is 2.18. The lowest BCUT2D eigenvalue weighted by Gasteiger charge is -2.19. The van der Waals surface area contributed by atoms with E-state index in [1.54, 1.807) is 25.1 Å². The normalized spacial score (nSPS) is 15.3. The molecule has 0 aromatic heterocycles. The quantitative estimate of drug-likeness (QED) is 0.891. The summed E-state index contributed by atoms with van der Waals surface area (Å²) in [5.74, 6) is 1.36. The van der Waals surface area contributed by atoms with Crippen LogP contribution in [0.3, 0.4) is 0 Å². The third kappa shape index (κ3) is 4.39. The zero-order valence-electron chi connectivity index (χ0n) is 14.3. The summed E-state index contributed by atoms with van der Waals surface area (Å²) in [5.41, 5.74) is 2.72. The van der Waals surface area contributed by atoms with Crippen molar-refractivity contribution in [3.05, 3.63) is 53.6 Å². The van der Waals surface area contributed by atoms with Crippen LogP contribution in [0.5, 0.6) is 11.5 Å². The van der Waals surface area contributed by atoms with Gasteiger partial charge in [0.25, 0.3) is 0 Å². The number of nitrogens with one attached hydrogen (secondary N) is 1. The minimum atomic E-state index is -1.30. The fraction of sp³-hybridized carbons (Fsp3) is 0.316. The van der Waals surface area contributed by atoms with Gasteiger partial charge in [0.1, 0.15) is 18.5 Å². The molecule has 0 aliphatic carbocycles. The molecule has 1 N–H and O–H groups in total. The van der Waals surface area contributed by atoms with Crippen LogP contribution in [-0.4, -0.2) is 28.6 Å². The molecule has 0 unspecified atom stereocenters. The number of amides is 1. The minimum Gasteiger partial charge on any atom is -0.486 e. The van der Waals surface area contributed by atoms with E-state index >= 15 is 0 Å². The van der Waals surface area contributed by atoms with Gasteiger partial charge in [0, 0.05) is 28.3 Å². The summed E-state index contributed by atoms with van der Waals surface area (Å²) in [6.07, 6.45) is 0. The van der Waals surface area contributed by atoms with E-state index in [1.165, 1.54) is 0 Å². The van der Waals surface area contributed by atoms with Crippen LogP contribution in [0.2, 0.25) is 0 Å². The molecule has 0 saturated heterocycles. The zero-order chi connectivity index (χ0) is 17.8. The number of aryl methyl sites for hydroxylation is 1. The van der Waals surface area contributed by atoms with E-state index in [0.717, 1.165) is 11.1 Å². The summed E-state index contributed by atoms with van der Waals surface area (Å²) in [6, 6.07) is 13.1. The first kappa shape index (κ1) is 17.5. The van der Waals surface area contributed by atoms with Gasteiger partial charge in [-0.25, -0.2) is 0 Å². The van der Waals surface area contributed by atoms with Gasteiger partial charge in [0.05, 0.1) is 0 Å². The lowest BCUT2D eigenvalue weighted by atomic mass is 10.2. The Balaban J connectivity index is 1.62. The molecule has 1 heterocycles. The van der Waals surface area contributed by atoms with E-state index < -0.39 is 16.0 Å². The van der Waals surface area contributed by atoms with Gasteiger partial charge >= 0.3 is 0 Å². The van der Waals surface area contributed by atoms with Gasteiger partial charge in [-0.3, -0.25) is 9.00 Å². The van der Waals surface area contributed by atoms with Crippen molar-refractivity contribution < 1.29 is 18.5 Å². The van der Waals surface area contributed by atoms with Crippen molar-refractivity contribution >= 4 is 22.4 Å². The topological polar surface area (TPSA) is 64.6 Å². The Morgan fingerprint density at radius 3 is 2.52 bits per heavy atom. The second-order valence-electron chi connectivity index (χ2n) is 6.00. The van der Waals surface area contributed by atoms with Crippen LogP contribution >= 0.6 is 0 Å². The van der Waals surface area contributed by atoms with Crippen LogP contribution in [0.1, 0.15) is 18.1 Å². The Hall–Kier alpha value is -2.34. The van der Waals surface area contributed by atoms with Gasteiger partial charge in [0.2, 0.25) is 5.91 Å². The molecule has 2 aromatic carbocycles. The summed E-state index contributed by atoms with van der Waals surface area (Å²) in [7, 11) is -1.30. The summed E-state index contributed by atoms with van der Waals surface area (Å²) >= 11 is 0. The number of hydrogen-bond acceptors (Lipinski definition) is 4. The average molecular weight is 359 g/mol. The van der Waals surface area contributed by atoms with Crippen molar-refractivity contribution in [1.82, 2.24) is 0 Å². The molecular formula is C19H21NO4S. The highest BCUT2D eigenvalue weighted by Gasteiger charge is 2.21. The predicted octanol–water partition coefficient (Wildman–Crippen LogP) is 3.04. The largest absolute Gasteiger partial charge is 0.486 e. The van der Waals surface area contributed by atoms with Crippen molar-refractivity contribution in [3.8, 4) is 11.5 Å². The van der Waals surface area contributed by atoms with Crippen molar-refractivity contribution in [2.75, 3.05) is 18.5 Å². The fourth-order valence-electron chi connectivity index (χ4n) is 2.46. The molecule has 0 radical (unpaired) electrons. The van der Waals surface area contributed by atoms with Crippen molar-refractivity contribution in [2.45, 2.75) is 24.9 Å². The number of rotatable bonds is 5.